The van der Waals surface area contributed by atoms with E-state index in [1.54, 1.807) is 4.90 Å². The predicted molar refractivity (Wildman–Crippen MR) is 106 cm³/mol. The summed E-state index contributed by atoms with van der Waals surface area (Å²) in [5, 5.41) is 0.156. The maximum Gasteiger partial charge on any atom is 0.410 e. The number of hydrogen-bond donors (Lipinski definition) is 0. The Hall–Kier alpha value is -1.33. The molecular formula is C20H35NO3Si. The van der Waals surface area contributed by atoms with Crippen molar-refractivity contribution in [2.24, 2.45) is 0 Å². The fourth-order valence-corrected chi connectivity index (χ4v) is 3.03. The molecule has 0 spiro atoms. The molecule has 0 atom stereocenters. The molecule has 0 bridgehead atoms. The van der Waals surface area contributed by atoms with Gasteiger partial charge < -0.3 is 14.1 Å². The Morgan fingerprint density at radius 2 is 1.60 bits per heavy atom. The van der Waals surface area contributed by atoms with E-state index >= 15 is 0 Å². The summed E-state index contributed by atoms with van der Waals surface area (Å²) in [7, 11) is -1.82. The highest BCUT2D eigenvalue weighted by atomic mass is 28.4. The summed E-state index contributed by atoms with van der Waals surface area (Å²) >= 11 is 0. The highest BCUT2D eigenvalue weighted by molar-refractivity contribution is 6.74. The second kappa shape index (κ2) is 8.36. The van der Waals surface area contributed by atoms with E-state index in [1.165, 1.54) is 0 Å². The van der Waals surface area contributed by atoms with Gasteiger partial charge in [0.2, 0.25) is 0 Å². The SMILES string of the molecule is CC(C)(C)OC(=O)N(CCO[Si](C)(C)C(C)(C)C)Cc1ccccc1. The Balaban J connectivity index is 2.76. The normalized spacial score (nSPS) is 12.8. The first kappa shape index (κ1) is 21.7. The van der Waals surface area contributed by atoms with Gasteiger partial charge in [-0.1, -0.05) is 51.1 Å². The molecule has 0 heterocycles. The molecule has 0 N–H and O–H groups in total. The number of carbonyl (C=O) groups is 1. The molecule has 1 rings (SSSR count). The Kier molecular flexibility index (Phi) is 7.26. The molecule has 0 radical (unpaired) electrons. The van der Waals surface area contributed by atoms with Gasteiger partial charge >= 0.3 is 6.09 Å². The number of carbonyl (C=O) groups excluding carboxylic acids is 1. The quantitative estimate of drug-likeness (QED) is 0.630. The first-order chi connectivity index (χ1) is 11.3. The number of amides is 1. The van der Waals surface area contributed by atoms with Crippen LogP contribution >= 0.6 is 0 Å². The molecule has 0 aromatic heterocycles. The van der Waals surface area contributed by atoms with Gasteiger partial charge in [-0.3, -0.25) is 0 Å². The maximum absolute atomic E-state index is 12.6. The molecule has 142 valence electrons. The zero-order valence-corrected chi connectivity index (χ0v) is 18.2. The molecule has 0 saturated heterocycles. The van der Waals surface area contributed by atoms with Crippen molar-refractivity contribution in [2.45, 2.75) is 71.8 Å². The lowest BCUT2D eigenvalue weighted by Crippen LogP contribution is -2.44. The fraction of sp³-hybridized carbons (Fsp3) is 0.650. The van der Waals surface area contributed by atoms with Crippen LogP contribution in [-0.2, 0) is 15.7 Å². The van der Waals surface area contributed by atoms with Gasteiger partial charge in [0.25, 0.3) is 0 Å². The van der Waals surface area contributed by atoms with E-state index in [-0.39, 0.29) is 11.1 Å². The Morgan fingerprint density at radius 1 is 1.04 bits per heavy atom. The van der Waals surface area contributed by atoms with Gasteiger partial charge in [0, 0.05) is 13.1 Å². The Bertz CT molecular complexity index is 544. The molecule has 0 aliphatic rings. The first-order valence-electron chi connectivity index (χ1n) is 8.98. The van der Waals surface area contributed by atoms with E-state index in [0.717, 1.165) is 5.56 Å². The minimum absolute atomic E-state index is 0.156. The second-order valence-electron chi connectivity index (χ2n) is 9.00. The van der Waals surface area contributed by atoms with Gasteiger partial charge in [0.1, 0.15) is 5.60 Å². The molecule has 0 aliphatic carbocycles. The lowest BCUT2D eigenvalue weighted by Gasteiger charge is -2.37. The van der Waals surface area contributed by atoms with Gasteiger partial charge in [0.05, 0.1) is 6.61 Å². The van der Waals surface area contributed by atoms with Crippen LogP contribution in [0.1, 0.15) is 47.1 Å². The van der Waals surface area contributed by atoms with Crippen molar-refractivity contribution in [2.75, 3.05) is 13.2 Å². The average Bonchev–Trinajstić information content (AvgIpc) is 2.44. The summed E-state index contributed by atoms with van der Waals surface area (Å²) in [6.07, 6.45) is -0.296. The number of benzene rings is 1. The van der Waals surface area contributed by atoms with Crippen LogP contribution in [0, 0.1) is 0 Å². The molecule has 25 heavy (non-hydrogen) atoms. The van der Waals surface area contributed by atoms with Crippen molar-refractivity contribution < 1.29 is 14.0 Å². The fourth-order valence-electron chi connectivity index (χ4n) is 1.99. The lowest BCUT2D eigenvalue weighted by atomic mass is 10.2. The molecule has 1 aromatic carbocycles. The number of nitrogens with zero attached hydrogens (tertiary/aromatic N) is 1. The van der Waals surface area contributed by atoms with Crippen LogP contribution in [0.25, 0.3) is 0 Å². The summed E-state index contributed by atoms with van der Waals surface area (Å²) in [5.41, 5.74) is 0.576. The average molecular weight is 366 g/mol. The molecular weight excluding hydrogens is 330 g/mol. The lowest BCUT2D eigenvalue weighted by molar-refractivity contribution is 0.0205. The predicted octanol–water partition coefficient (Wildman–Crippen LogP) is 5.45. The van der Waals surface area contributed by atoms with Crippen LogP contribution in [0.4, 0.5) is 4.79 Å². The summed E-state index contributed by atoms with van der Waals surface area (Å²) in [6.45, 7) is 18.3. The van der Waals surface area contributed by atoms with Gasteiger partial charge in [0.15, 0.2) is 8.32 Å². The highest BCUT2D eigenvalue weighted by Crippen LogP contribution is 2.36. The van der Waals surface area contributed by atoms with Crippen molar-refractivity contribution in [1.29, 1.82) is 0 Å². The summed E-state index contributed by atoms with van der Waals surface area (Å²) in [5.74, 6) is 0. The summed E-state index contributed by atoms with van der Waals surface area (Å²) < 4.78 is 11.8. The van der Waals surface area contributed by atoms with E-state index in [1.807, 2.05) is 51.1 Å². The minimum Gasteiger partial charge on any atom is -0.444 e. The summed E-state index contributed by atoms with van der Waals surface area (Å²) in [6, 6.07) is 9.98. The molecule has 1 aromatic rings. The Morgan fingerprint density at radius 3 is 2.08 bits per heavy atom. The van der Waals surface area contributed by atoms with Crippen LogP contribution < -0.4 is 0 Å². The topological polar surface area (TPSA) is 38.8 Å². The number of ether oxygens (including phenoxy) is 1. The first-order valence-corrected chi connectivity index (χ1v) is 11.9. The van der Waals surface area contributed by atoms with Gasteiger partial charge in [-0.15, -0.1) is 0 Å². The van der Waals surface area contributed by atoms with Crippen molar-refractivity contribution in [3.8, 4) is 0 Å². The highest BCUT2D eigenvalue weighted by Gasteiger charge is 2.37. The van der Waals surface area contributed by atoms with E-state index in [0.29, 0.717) is 19.7 Å². The smallest absolute Gasteiger partial charge is 0.410 e. The molecule has 1 amide bonds. The zero-order chi connectivity index (χ0) is 19.3. The molecule has 0 unspecified atom stereocenters. The van der Waals surface area contributed by atoms with Crippen LogP contribution in [0.5, 0.6) is 0 Å². The number of rotatable bonds is 6. The van der Waals surface area contributed by atoms with Crippen molar-refractivity contribution >= 4 is 14.4 Å². The van der Waals surface area contributed by atoms with Crippen LogP contribution in [0.3, 0.4) is 0 Å². The number of hydrogen-bond acceptors (Lipinski definition) is 3. The maximum atomic E-state index is 12.6. The van der Waals surface area contributed by atoms with Crippen molar-refractivity contribution in [3.63, 3.8) is 0 Å². The molecule has 4 nitrogen and oxygen atoms in total. The molecule has 5 heteroatoms. The zero-order valence-electron chi connectivity index (χ0n) is 17.2. The third kappa shape index (κ3) is 7.61. The van der Waals surface area contributed by atoms with E-state index in [4.69, 9.17) is 9.16 Å². The van der Waals surface area contributed by atoms with Crippen molar-refractivity contribution in [3.05, 3.63) is 35.9 Å². The second-order valence-corrected chi connectivity index (χ2v) is 13.8. The molecule has 0 aliphatic heterocycles. The van der Waals surface area contributed by atoms with Gasteiger partial charge in [-0.2, -0.15) is 0 Å². The Labute approximate surface area is 154 Å². The molecule has 0 fully saturated rings. The standard InChI is InChI=1S/C20H35NO3Si/c1-19(2,3)24-18(22)21(16-17-12-10-9-11-13-17)14-15-23-25(7,8)20(4,5)6/h9-13H,14-16H2,1-8H3. The summed E-state index contributed by atoms with van der Waals surface area (Å²) in [4.78, 5) is 14.3. The largest absolute Gasteiger partial charge is 0.444 e. The van der Waals surface area contributed by atoms with E-state index < -0.39 is 13.9 Å². The van der Waals surface area contributed by atoms with Crippen molar-refractivity contribution in [1.82, 2.24) is 4.90 Å². The minimum atomic E-state index is -1.82. The third-order valence-corrected chi connectivity index (χ3v) is 9.04. The third-order valence-electron chi connectivity index (χ3n) is 4.50. The monoisotopic (exact) mass is 365 g/mol. The van der Waals surface area contributed by atoms with E-state index in [9.17, 15) is 4.79 Å². The van der Waals surface area contributed by atoms with Gasteiger partial charge in [-0.25, -0.2) is 4.79 Å². The van der Waals surface area contributed by atoms with Crippen LogP contribution in [0.15, 0.2) is 30.3 Å². The van der Waals surface area contributed by atoms with Crippen LogP contribution in [0.2, 0.25) is 18.1 Å². The van der Waals surface area contributed by atoms with Gasteiger partial charge in [-0.05, 0) is 44.5 Å². The molecule has 0 saturated carbocycles. The van der Waals surface area contributed by atoms with Crippen LogP contribution in [-0.4, -0.2) is 38.1 Å². The van der Waals surface area contributed by atoms with E-state index in [2.05, 4.69) is 33.9 Å².